The number of amides is 1. The molecule has 0 aliphatic rings. The Kier molecular flexibility index (Phi) is 16.9. The van der Waals surface area contributed by atoms with Crippen molar-refractivity contribution >= 4 is 6.09 Å². The zero-order valence-corrected chi connectivity index (χ0v) is 14.5. The molecule has 0 aliphatic carbocycles. The maximum Gasteiger partial charge on any atom is 0.404 e. The van der Waals surface area contributed by atoms with Gasteiger partial charge in [-0.1, -0.05) is 64.7 Å². The molecule has 0 aromatic rings. The molecule has 0 aromatic carbocycles. The predicted octanol–water partition coefficient (Wildman–Crippen LogP) is 5.74. The van der Waals surface area contributed by atoms with E-state index in [1.807, 2.05) is 0 Å². The van der Waals surface area contributed by atoms with Crippen LogP contribution in [0, 0.1) is 11.8 Å². The summed E-state index contributed by atoms with van der Waals surface area (Å²) in [6.07, 6.45) is 16.2. The SMILES string of the molecule is CCCCCCCCC#CCCCCCCCCNC(=O)O. The lowest BCUT2D eigenvalue weighted by Gasteiger charge is -2.01. The molecular formula is C19H35NO2. The molecule has 0 atom stereocenters. The van der Waals surface area contributed by atoms with Gasteiger partial charge in [-0.2, -0.15) is 0 Å². The lowest BCUT2D eigenvalue weighted by molar-refractivity contribution is 0.194. The third-order valence-corrected chi connectivity index (χ3v) is 3.79. The number of hydrogen-bond donors (Lipinski definition) is 2. The summed E-state index contributed by atoms with van der Waals surface area (Å²) in [6.45, 7) is 2.83. The molecule has 128 valence electrons. The number of rotatable bonds is 14. The van der Waals surface area contributed by atoms with Crippen molar-refractivity contribution in [2.24, 2.45) is 0 Å². The van der Waals surface area contributed by atoms with Crippen LogP contribution in [0.5, 0.6) is 0 Å². The van der Waals surface area contributed by atoms with Crippen LogP contribution in [-0.4, -0.2) is 17.7 Å². The van der Waals surface area contributed by atoms with Gasteiger partial charge < -0.3 is 10.4 Å². The van der Waals surface area contributed by atoms with Gasteiger partial charge in [0.25, 0.3) is 0 Å². The molecule has 0 spiro atoms. The van der Waals surface area contributed by atoms with Gasteiger partial charge in [0.1, 0.15) is 0 Å². The molecule has 3 nitrogen and oxygen atoms in total. The zero-order valence-electron chi connectivity index (χ0n) is 14.5. The second kappa shape index (κ2) is 17.9. The van der Waals surface area contributed by atoms with Gasteiger partial charge in [0.2, 0.25) is 0 Å². The van der Waals surface area contributed by atoms with E-state index in [4.69, 9.17) is 5.11 Å². The Balaban J connectivity index is 3.10. The minimum atomic E-state index is -0.917. The minimum absolute atomic E-state index is 0.583. The monoisotopic (exact) mass is 309 g/mol. The normalized spacial score (nSPS) is 10.0. The number of nitrogens with one attached hydrogen (secondary N) is 1. The fraction of sp³-hybridized carbons (Fsp3) is 0.842. The van der Waals surface area contributed by atoms with Crippen molar-refractivity contribution in [3.8, 4) is 11.8 Å². The van der Waals surface area contributed by atoms with Crippen molar-refractivity contribution in [3.05, 3.63) is 0 Å². The minimum Gasteiger partial charge on any atom is -0.465 e. The number of unbranched alkanes of at least 4 members (excludes halogenated alkanes) is 12. The zero-order chi connectivity index (χ0) is 16.3. The number of hydrogen-bond acceptors (Lipinski definition) is 1. The molecular weight excluding hydrogens is 274 g/mol. The highest BCUT2D eigenvalue weighted by Gasteiger charge is 1.94. The first-order valence-corrected chi connectivity index (χ1v) is 9.20. The van der Waals surface area contributed by atoms with Crippen LogP contribution in [-0.2, 0) is 0 Å². The Morgan fingerprint density at radius 3 is 1.73 bits per heavy atom. The van der Waals surface area contributed by atoms with Gasteiger partial charge in [-0.3, -0.25) is 0 Å². The highest BCUT2D eigenvalue weighted by Crippen LogP contribution is 2.07. The van der Waals surface area contributed by atoms with Crippen molar-refractivity contribution in [1.82, 2.24) is 5.32 Å². The summed E-state index contributed by atoms with van der Waals surface area (Å²) < 4.78 is 0. The Bertz CT molecular complexity index is 304. The Morgan fingerprint density at radius 2 is 1.23 bits per heavy atom. The molecule has 0 rings (SSSR count). The lowest BCUT2D eigenvalue weighted by atomic mass is 10.1. The van der Waals surface area contributed by atoms with Crippen LogP contribution in [0.4, 0.5) is 4.79 Å². The van der Waals surface area contributed by atoms with E-state index in [9.17, 15) is 4.79 Å². The highest BCUT2D eigenvalue weighted by molar-refractivity contribution is 5.64. The quantitative estimate of drug-likeness (QED) is 0.317. The molecule has 0 radical (unpaired) electrons. The topological polar surface area (TPSA) is 49.3 Å². The first-order valence-electron chi connectivity index (χ1n) is 9.20. The van der Waals surface area contributed by atoms with Gasteiger partial charge in [-0.15, -0.1) is 11.8 Å². The summed E-state index contributed by atoms with van der Waals surface area (Å²) in [5.41, 5.74) is 0. The number of carboxylic acid groups (broad SMARTS) is 1. The third-order valence-electron chi connectivity index (χ3n) is 3.79. The molecule has 0 unspecified atom stereocenters. The van der Waals surface area contributed by atoms with Crippen molar-refractivity contribution in [2.75, 3.05) is 6.54 Å². The molecule has 0 saturated heterocycles. The van der Waals surface area contributed by atoms with Crippen molar-refractivity contribution in [1.29, 1.82) is 0 Å². The summed E-state index contributed by atoms with van der Waals surface area (Å²) in [6, 6.07) is 0. The van der Waals surface area contributed by atoms with Crippen molar-refractivity contribution in [2.45, 2.75) is 96.8 Å². The molecule has 0 saturated carbocycles. The van der Waals surface area contributed by atoms with Crippen LogP contribution in [0.3, 0.4) is 0 Å². The molecule has 0 bridgehead atoms. The predicted molar refractivity (Wildman–Crippen MR) is 94.1 cm³/mol. The van der Waals surface area contributed by atoms with Crippen LogP contribution >= 0.6 is 0 Å². The second-order valence-electron chi connectivity index (χ2n) is 5.97. The van der Waals surface area contributed by atoms with Crippen LogP contribution in [0.15, 0.2) is 0 Å². The van der Waals surface area contributed by atoms with Gasteiger partial charge in [0.15, 0.2) is 0 Å². The molecule has 0 aliphatic heterocycles. The maximum atomic E-state index is 10.2. The van der Waals surface area contributed by atoms with E-state index in [-0.39, 0.29) is 0 Å². The van der Waals surface area contributed by atoms with Gasteiger partial charge in [-0.05, 0) is 19.3 Å². The van der Waals surface area contributed by atoms with Crippen molar-refractivity contribution < 1.29 is 9.90 Å². The molecule has 0 fully saturated rings. The van der Waals surface area contributed by atoms with E-state index in [2.05, 4.69) is 24.1 Å². The smallest absolute Gasteiger partial charge is 0.404 e. The summed E-state index contributed by atoms with van der Waals surface area (Å²) in [5.74, 6) is 6.58. The van der Waals surface area contributed by atoms with E-state index < -0.39 is 6.09 Å². The molecule has 1 amide bonds. The largest absolute Gasteiger partial charge is 0.465 e. The molecule has 0 aromatic heterocycles. The average molecular weight is 309 g/mol. The van der Waals surface area contributed by atoms with Gasteiger partial charge in [0, 0.05) is 19.4 Å². The highest BCUT2D eigenvalue weighted by atomic mass is 16.4. The van der Waals surface area contributed by atoms with Crippen molar-refractivity contribution in [3.63, 3.8) is 0 Å². The van der Waals surface area contributed by atoms with E-state index in [0.29, 0.717) is 6.54 Å². The second-order valence-corrected chi connectivity index (χ2v) is 5.97. The summed E-state index contributed by atoms with van der Waals surface area (Å²) in [4.78, 5) is 10.2. The fourth-order valence-electron chi connectivity index (χ4n) is 2.41. The number of carbonyl (C=O) groups is 1. The van der Waals surface area contributed by atoms with Gasteiger partial charge in [0.05, 0.1) is 0 Å². The third kappa shape index (κ3) is 18.8. The summed E-state index contributed by atoms with van der Waals surface area (Å²) in [7, 11) is 0. The maximum absolute atomic E-state index is 10.2. The molecule has 2 N–H and O–H groups in total. The average Bonchev–Trinajstić information content (AvgIpc) is 2.50. The van der Waals surface area contributed by atoms with Crippen LogP contribution in [0.2, 0.25) is 0 Å². The summed E-state index contributed by atoms with van der Waals surface area (Å²) in [5, 5.41) is 10.8. The molecule has 22 heavy (non-hydrogen) atoms. The lowest BCUT2D eigenvalue weighted by Crippen LogP contribution is -2.21. The molecule has 0 heterocycles. The molecule has 3 heteroatoms. The van der Waals surface area contributed by atoms with E-state index in [1.165, 1.54) is 64.2 Å². The standard InChI is InChI=1S/C19H35NO2/c1-2-3-4-5-6-7-8-9-10-11-12-13-14-15-16-17-18-20-19(21)22/h20H,2-8,11-18H2,1H3,(H,21,22). The van der Waals surface area contributed by atoms with Crippen LogP contribution in [0.25, 0.3) is 0 Å². The fourth-order valence-corrected chi connectivity index (χ4v) is 2.41. The van der Waals surface area contributed by atoms with Crippen LogP contribution < -0.4 is 5.32 Å². The van der Waals surface area contributed by atoms with E-state index in [1.54, 1.807) is 0 Å². The van der Waals surface area contributed by atoms with E-state index in [0.717, 1.165) is 25.7 Å². The van der Waals surface area contributed by atoms with E-state index >= 15 is 0 Å². The Morgan fingerprint density at radius 1 is 0.773 bits per heavy atom. The van der Waals surface area contributed by atoms with Gasteiger partial charge >= 0.3 is 6.09 Å². The van der Waals surface area contributed by atoms with Gasteiger partial charge in [-0.25, -0.2) is 4.79 Å². The van der Waals surface area contributed by atoms with Crippen LogP contribution in [0.1, 0.15) is 96.8 Å². The Hall–Kier alpha value is -1.17. The first-order chi connectivity index (χ1) is 10.8. The first kappa shape index (κ1) is 20.8. The Labute approximate surface area is 137 Å². The summed E-state index contributed by atoms with van der Waals surface area (Å²) >= 11 is 0.